The molecule has 47 heavy (non-hydrogen) atoms. The Morgan fingerprint density at radius 1 is 0.979 bits per heavy atom. The zero-order valence-corrected chi connectivity index (χ0v) is 26.8. The third kappa shape index (κ3) is 6.70. The highest BCUT2D eigenvalue weighted by molar-refractivity contribution is 7.19. The second kappa shape index (κ2) is 12.9. The second-order valence-corrected chi connectivity index (χ2v) is 13.1. The van der Waals surface area contributed by atoms with Crippen LogP contribution in [0, 0.1) is 11.7 Å². The van der Waals surface area contributed by atoms with Crippen LogP contribution in [0.15, 0.2) is 61.1 Å². The average Bonchev–Trinajstić information content (AvgIpc) is 3.85. The molecule has 7 rings (SSSR count). The summed E-state index contributed by atoms with van der Waals surface area (Å²) in [5.74, 6) is 0.705. The van der Waals surface area contributed by atoms with E-state index in [2.05, 4.69) is 51.6 Å². The van der Waals surface area contributed by atoms with Crippen LogP contribution in [0.1, 0.15) is 49.9 Å². The van der Waals surface area contributed by atoms with Crippen molar-refractivity contribution >= 4 is 39.9 Å². The number of anilines is 3. The van der Waals surface area contributed by atoms with Gasteiger partial charge in [0.15, 0.2) is 5.13 Å². The van der Waals surface area contributed by atoms with Gasteiger partial charge in [-0.25, -0.2) is 28.8 Å². The van der Waals surface area contributed by atoms with Crippen molar-refractivity contribution in [2.24, 2.45) is 5.92 Å². The van der Waals surface area contributed by atoms with Gasteiger partial charge in [0, 0.05) is 36.9 Å². The molecule has 0 spiro atoms. The number of amides is 3. The molecule has 3 aromatic heterocycles. The lowest BCUT2D eigenvalue weighted by molar-refractivity contribution is -0.117. The molecule has 1 aliphatic carbocycles. The summed E-state index contributed by atoms with van der Waals surface area (Å²) >= 11 is 1.27. The molecular weight excluding hydrogens is 619 g/mol. The van der Waals surface area contributed by atoms with Gasteiger partial charge in [-0.05, 0) is 73.4 Å². The van der Waals surface area contributed by atoms with E-state index in [1.54, 1.807) is 27.9 Å². The Kier molecular flexibility index (Phi) is 8.37. The summed E-state index contributed by atoms with van der Waals surface area (Å²) in [7, 11) is 0. The van der Waals surface area contributed by atoms with Gasteiger partial charge in [0.25, 0.3) is 0 Å². The molecule has 240 valence electrons. The van der Waals surface area contributed by atoms with Crippen LogP contribution in [0.2, 0.25) is 0 Å². The molecule has 0 saturated carbocycles. The normalized spacial score (nSPS) is 14.1. The number of thiazole rings is 1. The first-order valence-electron chi connectivity index (χ1n) is 15.6. The molecule has 0 radical (unpaired) electrons. The molecule has 1 saturated heterocycles. The second-order valence-electron chi connectivity index (χ2n) is 12.1. The van der Waals surface area contributed by atoms with E-state index < -0.39 is 11.8 Å². The number of fused-ring (bicyclic) bond motifs is 1. The standard InChI is InChI=1S/C34H33FN8O3S/c1-20(2)13-23-15-30(43(41-23)25-9-8-21-5-3-6-22(21)14-25)40-32(45)39-24-17-36-33(37-18-24)46-26-10-11-27(28(35)16-26)29-19-38-34(47-29)42-12-4-7-31(42)44/h8-11,14-20H,3-7,12-13H2,1-2H3,(H2,39,40,45). The number of urea groups is 1. The number of aryl methyl sites for hydroxylation is 2. The first-order chi connectivity index (χ1) is 22.8. The molecule has 5 aromatic rings. The fourth-order valence-electron chi connectivity index (χ4n) is 5.87. The topological polar surface area (TPSA) is 127 Å². The Hall–Kier alpha value is -5.17. The maximum atomic E-state index is 15.1. The average molecular weight is 653 g/mol. The lowest BCUT2D eigenvalue weighted by Gasteiger charge is -2.11. The highest BCUT2D eigenvalue weighted by Crippen LogP contribution is 2.36. The summed E-state index contributed by atoms with van der Waals surface area (Å²) in [6.45, 7) is 4.89. The molecule has 13 heteroatoms. The minimum Gasteiger partial charge on any atom is -0.424 e. The lowest BCUT2D eigenvalue weighted by atomic mass is 10.1. The first-order valence-corrected chi connectivity index (χ1v) is 16.5. The van der Waals surface area contributed by atoms with E-state index in [9.17, 15) is 9.59 Å². The summed E-state index contributed by atoms with van der Waals surface area (Å²) in [6.07, 6.45) is 9.75. The monoisotopic (exact) mass is 652 g/mol. The van der Waals surface area contributed by atoms with Crippen LogP contribution in [-0.2, 0) is 24.1 Å². The number of aromatic nitrogens is 5. The highest BCUT2D eigenvalue weighted by Gasteiger charge is 2.25. The Balaban J connectivity index is 0.998. The van der Waals surface area contributed by atoms with E-state index in [-0.39, 0.29) is 17.7 Å². The van der Waals surface area contributed by atoms with E-state index in [0.717, 1.165) is 43.5 Å². The number of benzene rings is 2. The molecular formula is C34H33FN8O3S. The number of halogens is 1. The summed E-state index contributed by atoms with van der Waals surface area (Å²) in [4.78, 5) is 40.0. The summed E-state index contributed by atoms with van der Waals surface area (Å²) in [6, 6.07) is 12.2. The van der Waals surface area contributed by atoms with Gasteiger partial charge in [-0.2, -0.15) is 5.10 Å². The maximum Gasteiger partial charge on any atom is 0.324 e. The highest BCUT2D eigenvalue weighted by atomic mass is 32.1. The molecule has 0 bridgehead atoms. The van der Waals surface area contributed by atoms with E-state index in [1.807, 2.05) is 12.1 Å². The van der Waals surface area contributed by atoms with Crippen LogP contribution in [0.5, 0.6) is 11.8 Å². The van der Waals surface area contributed by atoms with Gasteiger partial charge in [-0.1, -0.05) is 31.3 Å². The maximum absolute atomic E-state index is 15.1. The summed E-state index contributed by atoms with van der Waals surface area (Å²) < 4.78 is 22.5. The van der Waals surface area contributed by atoms with E-state index in [0.29, 0.717) is 46.0 Å². The van der Waals surface area contributed by atoms with Gasteiger partial charge >= 0.3 is 12.0 Å². The number of hydrogen-bond acceptors (Lipinski definition) is 8. The van der Waals surface area contributed by atoms with E-state index >= 15 is 4.39 Å². The number of carbonyl (C=O) groups is 2. The van der Waals surface area contributed by atoms with Crippen LogP contribution >= 0.6 is 11.3 Å². The number of ether oxygens (including phenoxy) is 1. The molecule has 2 aromatic carbocycles. The van der Waals surface area contributed by atoms with Crippen LogP contribution in [0.25, 0.3) is 16.1 Å². The summed E-state index contributed by atoms with van der Waals surface area (Å²) in [5.41, 5.74) is 5.18. The van der Waals surface area contributed by atoms with Gasteiger partial charge < -0.3 is 10.1 Å². The number of hydrogen-bond donors (Lipinski definition) is 2. The van der Waals surface area contributed by atoms with Crippen molar-refractivity contribution < 1.29 is 18.7 Å². The molecule has 1 fully saturated rings. The van der Waals surface area contributed by atoms with Crippen molar-refractivity contribution in [1.29, 1.82) is 0 Å². The molecule has 2 aliphatic rings. The van der Waals surface area contributed by atoms with Crippen molar-refractivity contribution in [3.63, 3.8) is 0 Å². The van der Waals surface area contributed by atoms with Crippen molar-refractivity contribution in [3.05, 3.63) is 83.7 Å². The predicted molar refractivity (Wildman–Crippen MR) is 178 cm³/mol. The lowest BCUT2D eigenvalue weighted by Crippen LogP contribution is -2.23. The Morgan fingerprint density at radius 3 is 2.57 bits per heavy atom. The minimum absolute atomic E-state index is 0.0104. The fraction of sp³-hybridized carbons (Fsp3) is 0.294. The molecule has 1 aliphatic heterocycles. The molecule has 0 atom stereocenters. The van der Waals surface area contributed by atoms with Crippen molar-refractivity contribution in [2.75, 3.05) is 22.1 Å². The molecule has 0 unspecified atom stereocenters. The number of nitrogens with one attached hydrogen (secondary N) is 2. The zero-order chi connectivity index (χ0) is 32.5. The Morgan fingerprint density at radius 2 is 1.81 bits per heavy atom. The molecule has 2 N–H and O–H groups in total. The van der Waals surface area contributed by atoms with Crippen molar-refractivity contribution in [3.8, 4) is 27.9 Å². The fourth-order valence-corrected chi connectivity index (χ4v) is 6.85. The summed E-state index contributed by atoms with van der Waals surface area (Å²) in [5, 5.41) is 11.0. The largest absolute Gasteiger partial charge is 0.424 e. The molecule has 11 nitrogen and oxygen atoms in total. The van der Waals surface area contributed by atoms with Gasteiger partial charge in [0.1, 0.15) is 17.4 Å². The minimum atomic E-state index is -0.504. The van der Waals surface area contributed by atoms with Crippen molar-refractivity contribution in [2.45, 2.75) is 52.4 Å². The van der Waals surface area contributed by atoms with Gasteiger partial charge in [0.05, 0.1) is 34.3 Å². The Bertz CT molecular complexity index is 1960. The van der Waals surface area contributed by atoms with E-state index in [1.165, 1.54) is 40.9 Å². The first kappa shape index (κ1) is 30.5. The predicted octanol–water partition coefficient (Wildman–Crippen LogP) is 7.18. The third-order valence-corrected chi connectivity index (χ3v) is 9.10. The SMILES string of the molecule is CC(C)Cc1cc(NC(=O)Nc2cnc(Oc3ccc(-c4cnc(N5CCCC5=O)s4)c(F)c3)nc2)n(-c2ccc3c(c2)CCC3)n1. The quantitative estimate of drug-likeness (QED) is 0.173. The van der Waals surface area contributed by atoms with Gasteiger partial charge in [-0.3, -0.25) is 15.0 Å². The van der Waals surface area contributed by atoms with Crippen LogP contribution in [-0.4, -0.2) is 43.2 Å². The van der Waals surface area contributed by atoms with Crippen LogP contribution < -0.4 is 20.3 Å². The van der Waals surface area contributed by atoms with Crippen molar-refractivity contribution in [1.82, 2.24) is 24.7 Å². The Labute approximate surface area is 274 Å². The van der Waals surface area contributed by atoms with E-state index in [4.69, 9.17) is 9.84 Å². The van der Waals surface area contributed by atoms with Crippen LogP contribution in [0.3, 0.4) is 0 Å². The van der Waals surface area contributed by atoms with Gasteiger partial charge in [0.2, 0.25) is 5.91 Å². The number of rotatable bonds is 9. The number of nitrogens with zero attached hydrogens (tertiary/aromatic N) is 6. The number of carbonyl (C=O) groups excluding carboxylic acids is 2. The molecule has 4 heterocycles. The smallest absolute Gasteiger partial charge is 0.324 e. The third-order valence-electron chi connectivity index (χ3n) is 8.04. The van der Waals surface area contributed by atoms with Crippen LogP contribution in [0.4, 0.5) is 25.8 Å². The molecule has 3 amide bonds. The zero-order valence-electron chi connectivity index (χ0n) is 26.0. The van der Waals surface area contributed by atoms with Gasteiger partial charge in [-0.15, -0.1) is 0 Å².